The Morgan fingerprint density at radius 2 is 1.44 bits per heavy atom. The van der Waals surface area contributed by atoms with E-state index in [1.54, 1.807) is 5.19 Å². The Morgan fingerprint density at radius 3 is 2.04 bits per heavy atom. The smallest absolute Gasteiger partial charge is 0.0837 e. The van der Waals surface area contributed by atoms with Crippen LogP contribution in [0.2, 0.25) is 18.6 Å². The van der Waals surface area contributed by atoms with Crippen LogP contribution in [0.15, 0.2) is 60.7 Å². The first kappa shape index (κ1) is 18.4. The fourth-order valence-electron chi connectivity index (χ4n) is 4.62. The summed E-state index contributed by atoms with van der Waals surface area (Å²) in [4.78, 5) is 0. The average molecular weight is 352 g/mol. The molecule has 1 aliphatic carbocycles. The summed E-state index contributed by atoms with van der Waals surface area (Å²) in [5.74, 6) is 0.687. The first-order chi connectivity index (χ1) is 12.0. The van der Waals surface area contributed by atoms with Crippen LogP contribution in [-0.2, 0) is 0 Å². The van der Waals surface area contributed by atoms with E-state index in [0.29, 0.717) is 18.0 Å². The number of nitrogens with one attached hydrogen (secondary N) is 1. The lowest BCUT2D eigenvalue weighted by Gasteiger charge is -2.43. The van der Waals surface area contributed by atoms with Crippen LogP contribution >= 0.6 is 0 Å². The third kappa shape index (κ3) is 4.42. The van der Waals surface area contributed by atoms with Crippen molar-refractivity contribution in [2.24, 2.45) is 0 Å². The van der Waals surface area contributed by atoms with Crippen LogP contribution in [-0.4, -0.2) is 20.2 Å². The highest BCUT2D eigenvalue weighted by Crippen LogP contribution is 2.44. The van der Waals surface area contributed by atoms with Crippen molar-refractivity contribution in [2.75, 3.05) is 0 Å². The fraction of sp³-hybridized carbons (Fsp3) is 0.478. The van der Waals surface area contributed by atoms with Gasteiger partial charge < -0.3 is 5.32 Å². The molecule has 1 unspecified atom stereocenters. The van der Waals surface area contributed by atoms with Gasteiger partial charge in [0.2, 0.25) is 0 Å². The van der Waals surface area contributed by atoms with Crippen LogP contribution in [0, 0.1) is 0 Å². The van der Waals surface area contributed by atoms with E-state index in [1.807, 2.05) is 0 Å². The minimum Gasteiger partial charge on any atom is -0.312 e. The van der Waals surface area contributed by atoms with Gasteiger partial charge in [0, 0.05) is 12.1 Å². The van der Waals surface area contributed by atoms with Crippen molar-refractivity contribution in [1.82, 2.24) is 5.32 Å². The number of benzene rings is 2. The lowest BCUT2D eigenvalue weighted by atomic mass is 9.80. The summed E-state index contributed by atoms with van der Waals surface area (Å²) >= 11 is 0. The summed E-state index contributed by atoms with van der Waals surface area (Å²) in [6, 6.07) is 23.7. The molecule has 0 saturated heterocycles. The molecular weight excluding hydrogens is 318 g/mol. The Kier molecular flexibility index (Phi) is 5.80. The van der Waals surface area contributed by atoms with Gasteiger partial charge in [-0.3, -0.25) is 0 Å². The van der Waals surface area contributed by atoms with E-state index in [9.17, 15) is 0 Å². The lowest BCUT2D eigenvalue weighted by molar-refractivity contribution is 0.319. The van der Waals surface area contributed by atoms with Gasteiger partial charge in [0.1, 0.15) is 0 Å². The van der Waals surface area contributed by atoms with E-state index >= 15 is 0 Å². The molecule has 0 amide bonds. The third-order valence-electron chi connectivity index (χ3n) is 6.09. The van der Waals surface area contributed by atoms with Crippen molar-refractivity contribution in [3.05, 3.63) is 66.2 Å². The number of hydrogen-bond donors (Lipinski definition) is 1. The molecule has 2 aromatic carbocycles. The highest BCUT2D eigenvalue weighted by Gasteiger charge is 2.40. The Morgan fingerprint density at radius 1 is 0.840 bits per heavy atom. The molecule has 1 fully saturated rings. The van der Waals surface area contributed by atoms with Gasteiger partial charge in [-0.1, -0.05) is 92.8 Å². The molecule has 2 aromatic rings. The van der Waals surface area contributed by atoms with Gasteiger partial charge in [0.05, 0.1) is 8.07 Å². The van der Waals surface area contributed by atoms with E-state index in [2.05, 4.69) is 92.9 Å². The molecule has 25 heavy (non-hydrogen) atoms. The first-order valence-corrected chi connectivity index (χ1v) is 12.9. The molecule has 0 heterocycles. The Hall–Kier alpha value is -1.38. The molecule has 0 radical (unpaired) electrons. The molecular formula is C23H33NSi. The van der Waals surface area contributed by atoms with Gasteiger partial charge in [-0.15, -0.1) is 0 Å². The standard InChI is InChI=1S/C23H33NSi/c1-18(2)24-21-15-20(19-11-7-5-8-12-19)16-23(17-21)25(3,4)22-13-9-6-10-14-22/h5-14,18,20-21,23-24H,15-17H2,1-4H3/t20-,21?,23+/m0/s1. The van der Waals surface area contributed by atoms with Crippen molar-refractivity contribution in [3.8, 4) is 0 Å². The highest BCUT2D eigenvalue weighted by atomic mass is 28.3. The Bertz CT molecular complexity index is 650. The molecule has 3 rings (SSSR count). The van der Waals surface area contributed by atoms with Gasteiger partial charge in [0.25, 0.3) is 0 Å². The zero-order valence-electron chi connectivity index (χ0n) is 16.2. The molecule has 134 valence electrons. The SMILES string of the molecule is CC(C)NC1C[C@H](c2ccccc2)C[C@@H]([Si](C)(C)c2ccccc2)C1. The summed E-state index contributed by atoms with van der Waals surface area (Å²) in [5, 5.41) is 5.47. The molecule has 0 bridgehead atoms. The van der Waals surface area contributed by atoms with Crippen LogP contribution in [0.3, 0.4) is 0 Å². The normalized spacial score (nSPS) is 24.4. The quantitative estimate of drug-likeness (QED) is 0.720. The number of rotatable bonds is 5. The topological polar surface area (TPSA) is 12.0 Å². The summed E-state index contributed by atoms with van der Waals surface area (Å²) in [5.41, 5.74) is 2.35. The maximum absolute atomic E-state index is 3.86. The average Bonchev–Trinajstić information content (AvgIpc) is 2.62. The monoisotopic (exact) mass is 351 g/mol. The minimum absolute atomic E-state index is 0.557. The maximum atomic E-state index is 3.86. The van der Waals surface area contributed by atoms with Crippen LogP contribution in [0.5, 0.6) is 0 Å². The summed E-state index contributed by atoms with van der Waals surface area (Å²) < 4.78 is 0. The predicted molar refractivity (Wildman–Crippen MR) is 112 cm³/mol. The number of hydrogen-bond acceptors (Lipinski definition) is 1. The molecule has 1 aliphatic rings. The van der Waals surface area contributed by atoms with Crippen LogP contribution in [0.4, 0.5) is 0 Å². The van der Waals surface area contributed by atoms with Crippen molar-refractivity contribution < 1.29 is 0 Å². The van der Waals surface area contributed by atoms with Crippen molar-refractivity contribution >= 4 is 13.3 Å². The third-order valence-corrected chi connectivity index (χ3v) is 10.4. The zero-order valence-corrected chi connectivity index (χ0v) is 17.2. The van der Waals surface area contributed by atoms with Gasteiger partial charge in [0.15, 0.2) is 0 Å². The second kappa shape index (κ2) is 7.88. The minimum atomic E-state index is -1.49. The predicted octanol–water partition coefficient (Wildman–Crippen LogP) is 5.31. The Balaban J connectivity index is 1.87. The van der Waals surface area contributed by atoms with Gasteiger partial charge in [-0.2, -0.15) is 0 Å². The van der Waals surface area contributed by atoms with E-state index in [0.717, 1.165) is 5.54 Å². The first-order valence-electron chi connectivity index (χ1n) is 9.83. The van der Waals surface area contributed by atoms with E-state index in [-0.39, 0.29) is 0 Å². The second-order valence-electron chi connectivity index (χ2n) is 8.62. The van der Waals surface area contributed by atoms with Crippen molar-refractivity contribution in [1.29, 1.82) is 0 Å². The second-order valence-corrected chi connectivity index (χ2v) is 13.5. The molecule has 0 aromatic heterocycles. The lowest BCUT2D eigenvalue weighted by Crippen LogP contribution is -2.51. The van der Waals surface area contributed by atoms with Crippen molar-refractivity contribution in [3.63, 3.8) is 0 Å². The summed E-state index contributed by atoms with van der Waals surface area (Å²) in [7, 11) is -1.49. The van der Waals surface area contributed by atoms with E-state index in [4.69, 9.17) is 0 Å². The fourth-order valence-corrected chi connectivity index (χ4v) is 7.89. The van der Waals surface area contributed by atoms with Crippen molar-refractivity contribution in [2.45, 2.75) is 69.7 Å². The van der Waals surface area contributed by atoms with E-state index < -0.39 is 8.07 Å². The molecule has 1 saturated carbocycles. The molecule has 3 atom stereocenters. The van der Waals surface area contributed by atoms with E-state index in [1.165, 1.54) is 24.8 Å². The molecule has 1 N–H and O–H groups in total. The summed E-state index contributed by atoms with van der Waals surface area (Å²) in [6.45, 7) is 9.71. The molecule has 1 nitrogen and oxygen atoms in total. The molecule has 0 spiro atoms. The highest BCUT2D eigenvalue weighted by molar-refractivity contribution is 6.91. The van der Waals surface area contributed by atoms with Gasteiger partial charge in [-0.05, 0) is 36.3 Å². The van der Waals surface area contributed by atoms with Crippen LogP contribution in [0.25, 0.3) is 0 Å². The largest absolute Gasteiger partial charge is 0.312 e. The van der Waals surface area contributed by atoms with Gasteiger partial charge >= 0.3 is 0 Å². The van der Waals surface area contributed by atoms with Gasteiger partial charge in [-0.25, -0.2) is 0 Å². The van der Waals surface area contributed by atoms with Crippen LogP contribution < -0.4 is 10.5 Å². The molecule has 0 aliphatic heterocycles. The Labute approximate surface area is 154 Å². The van der Waals surface area contributed by atoms with Crippen LogP contribution in [0.1, 0.15) is 44.6 Å². The maximum Gasteiger partial charge on any atom is 0.0837 e. The molecule has 2 heteroatoms. The zero-order chi connectivity index (χ0) is 17.9. The summed E-state index contributed by atoms with van der Waals surface area (Å²) in [6.07, 6.45) is 3.95.